The Morgan fingerprint density at radius 1 is 1.15 bits per heavy atom. The molecule has 1 atom stereocenters. The van der Waals surface area contributed by atoms with Crippen LogP contribution in [0.4, 0.5) is 0 Å². The summed E-state index contributed by atoms with van der Waals surface area (Å²) in [5, 5.41) is 0. The normalized spacial score (nSPS) is 14.8. The predicted molar refractivity (Wildman–Crippen MR) is 89.0 cm³/mol. The number of Topliss-reactive ketones (excluding diaryl/α,β-unsaturated/α-hetero) is 1. The second-order valence-electron chi connectivity index (χ2n) is 6.74. The van der Waals surface area contributed by atoms with Crippen molar-refractivity contribution in [3.05, 3.63) is 12.7 Å². The second-order valence-corrected chi connectivity index (χ2v) is 6.74. The highest BCUT2D eigenvalue weighted by Gasteiger charge is 2.38. The molecule has 0 fully saturated rings. The van der Waals surface area contributed by atoms with E-state index in [2.05, 4.69) is 39.3 Å². The van der Waals surface area contributed by atoms with Gasteiger partial charge in [0.2, 0.25) is 0 Å². The first-order chi connectivity index (χ1) is 9.27. The molecule has 0 radical (unpaired) electrons. The maximum atomic E-state index is 12.6. The molecule has 0 aromatic rings. The van der Waals surface area contributed by atoms with E-state index in [1.54, 1.807) is 0 Å². The highest BCUT2D eigenvalue weighted by molar-refractivity contribution is 5.89. The Morgan fingerprint density at radius 2 is 1.70 bits per heavy atom. The maximum Gasteiger partial charge on any atom is 0.155 e. The SMILES string of the molecule is C=CCCCCCC[C@](C)(C(=O)C(C)C)N(C)C(C)C. The minimum atomic E-state index is -0.319. The highest BCUT2D eigenvalue weighted by Crippen LogP contribution is 2.27. The number of allylic oxidation sites excluding steroid dienone is 1. The second kappa shape index (κ2) is 9.33. The van der Waals surface area contributed by atoms with Crippen molar-refractivity contribution in [1.82, 2.24) is 4.90 Å². The first-order valence-electron chi connectivity index (χ1n) is 8.15. The van der Waals surface area contributed by atoms with Crippen LogP contribution in [0.15, 0.2) is 12.7 Å². The quantitative estimate of drug-likeness (QED) is 0.399. The molecule has 0 unspecified atom stereocenters. The largest absolute Gasteiger partial charge is 0.297 e. The van der Waals surface area contributed by atoms with Gasteiger partial charge in [-0.15, -0.1) is 6.58 Å². The minimum absolute atomic E-state index is 0.0990. The Hall–Kier alpha value is -0.630. The van der Waals surface area contributed by atoms with Crippen molar-refractivity contribution in [3.8, 4) is 0 Å². The molecule has 0 aromatic heterocycles. The molecule has 0 aliphatic rings. The molecule has 2 heteroatoms. The Balaban J connectivity index is 4.55. The van der Waals surface area contributed by atoms with Gasteiger partial charge in [-0.25, -0.2) is 0 Å². The number of rotatable bonds is 11. The number of hydrogen-bond acceptors (Lipinski definition) is 2. The number of unbranched alkanes of at least 4 members (excludes halogenated alkanes) is 4. The molecule has 0 spiro atoms. The first-order valence-corrected chi connectivity index (χ1v) is 8.15. The van der Waals surface area contributed by atoms with E-state index in [9.17, 15) is 4.79 Å². The summed E-state index contributed by atoms with van der Waals surface area (Å²) in [4.78, 5) is 14.9. The van der Waals surface area contributed by atoms with Gasteiger partial charge in [-0.2, -0.15) is 0 Å². The molecule has 0 aliphatic heterocycles. The first kappa shape index (κ1) is 19.4. The van der Waals surface area contributed by atoms with Gasteiger partial charge in [0.05, 0.1) is 5.54 Å². The zero-order chi connectivity index (χ0) is 15.8. The Bertz CT molecular complexity index is 296. The van der Waals surface area contributed by atoms with Crippen molar-refractivity contribution in [2.75, 3.05) is 7.05 Å². The average molecular weight is 281 g/mol. The van der Waals surface area contributed by atoms with Gasteiger partial charge in [-0.05, 0) is 47.1 Å². The summed E-state index contributed by atoms with van der Waals surface area (Å²) in [5.74, 6) is 0.474. The third-order valence-electron chi connectivity index (χ3n) is 4.43. The van der Waals surface area contributed by atoms with Gasteiger partial charge in [0.15, 0.2) is 5.78 Å². The monoisotopic (exact) mass is 281 g/mol. The van der Waals surface area contributed by atoms with E-state index in [1.165, 1.54) is 19.3 Å². The summed E-state index contributed by atoms with van der Waals surface area (Å²) in [5.41, 5.74) is -0.319. The molecular formula is C18H35NO. The van der Waals surface area contributed by atoms with Crippen LogP contribution in [0.5, 0.6) is 0 Å². The smallest absolute Gasteiger partial charge is 0.155 e. The van der Waals surface area contributed by atoms with E-state index in [0.29, 0.717) is 11.8 Å². The summed E-state index contributed by atoms with van der Waals surface area (Å²) in [6.07, 6.45) is 8.85. The van der Waals surface area contributed by atoms with Crippen molar-refractivity contribution in [2.45, 2.75) is 84.7 Å². The molecule has 0 amide bonds. The van der Waals surface area contributed by atoms with Gasteiger partial charge in [-0.1, -0.05) is 39.2 Å². The predicted octanol–water partition coefficient (Wildman–Crippen LogP) is 4.84. The number of likely N-dealkylation sites (N-methyl/N-ethyl adjacent to an activating group) is 1. The topological polar surface area (TPSA) is 20.3 Å². The molecule has 0 saturated carbocycles. The van der Waals surface area contributed by atoms with Crippen LogP contribution < -0.4 is 0 Å². The fourth-order valence-corrected chi connectivity index (χ4v) is 2.78. The molecule has 0 N–H and O–H groups in total. The number of carbonyl (C=O) groups excluding carboxylic acids is 1. The van der Waals surface area contributed by atoms with Crippen LogP contribution in [0.25, 0.3) is 0 Å². The van der Waals surface area contributed by atoms with Crippen LogP contribution in [0.3, 0.4) is 0 Å². The third kappa shape index (κ3) is 5.78. The van der Waals surface area contributed by atoms with E-state index in [0.717, 1.165) is 19.3 Å². The molecule has 0 heterocycles. The third-order valence-corrected chi connectivity index (χ3v) is 4.43. The average Bonchev–Trinajstić information content (AvgIpc) is 2.40. The van der Waals surface area contributed by atoms with Crippen molar-refractivity contribution in [2.24, 2.45) is 5.92 Å². The Kier molecular flexibility index (Phi) is 9.04. The summed E-state index contributed by atoms with van der Waals surface area (Å²) in [6, 6.07) is 0.392. The maximum absolute atomic E-state index is 12.6. The summed E-state index contributed by atoms with van der Waals surface area (Å²) in [6.45, 7) is 14.2. The van der Waals surface area contributed by atoms with Crippen LogP contribution in [-0.2, 0) is 4.79 Å². The van der Waals surface area contributed by atoms with Crippen LogP contribution in [-0.4, -0.2) is 29.3 Å². The van der Waals surface area contributed by atoms with E-state index >= 15 is 0 Å². The Labute approximate surface area is 126 Å². The van der Waals surface area contributed by atoms with Crippen molar-refractivity contribution >= 4 is 5.78 Å². The van der Waals surface area contributed by atoms with Crippen molar-refractivity contribution < 1.29 is 4.79 Å². The van der Waals surface area contributed by atoms with Crippen molar-refractivity contribution in [1.29, 1.82) is 0 Å². The summed E-state index contributed by atoms with van der Waals surface area (Å²) in [7, 11) is 2.09. The van der Waals surface area contributed by atoms with E-state index < -0.39 is 0 Å². The van der Waals surface area contributed by atoms with Gasteiger partial charge < -0.3 is 0 Å². The fourth-order valence-electron chi connectivity index (χ4n) is 2.78. The zero-order valence-corrected chi connectivity index (χ0v) is 14.5. The summed E-state index contributed by atoms with van der Waals surface area (Å²) >= 11 is 0. The number of ketones is 1. The van der Waals surface area contributed by atoms with Crippen LogP contribution >= 0.6 is 0 Å². The zero-order valence-electron chi connectivity index (χ0n) is 14.5. The Morgan fingerprint density at radius 3 is 2.15 bits per heavy atom. The van der Waals surface area contributed by atoms with Crippen LogP contribution in [0.2, 0.25) is 0 Å². The van der Waals surface area contributed by atoms with Crippen LogP contribution in [0, 0.1) is 5.92 Å². The molecular weight excluding hydrogens is 246 g/mol. The minimum Gasteiger partial charge on any atom is -0.297 e. The molecule has 118 valence electrons. The van der Waals surface area contributed by atoms with E-state index in [4.69, 9.17) is 0 Å². The highest BCUT2D eigenvalue weighted by atomic mass is 16.1. The molecule has 0 bridgehead atoms. The summed E-state index contributed by atoms with van der Waals surface area (Å²) < 4.78 is 0. The van der Waals surface area contributed by atoms with Crippen LogP contribution in [0.1, 0.15) is 73.1 Å². The lowest BCUT2D eigenvalue weighted by atomic mass is 9.82. The lowest BCUT2D eigenvalue weighted by Gasteiger charge is -2.41. The van der Waals surface area contributed by atoms with Gasteiger partial charge >= 0.3 is 0 Å². The number of nitrogens with zero attached hydrogens (tertiary/aromatic N) is 1. The van der Waals surface area contributed by atoms with Gasteiger partial charge in [0.1, 0.15) is 0 Å². The molecule has 20 heavy (non-hydrogen) atoms. The molecule has 0 aliphatic carbocycles. The number of hydrogen-bond donors (Lipinski definition) is 0. The van der Waals surface area contributed by atoms with Crippen molar-refractivity contribution in [3.63, 3.8) is 0 Å². The molecule has 0 aromatic carbocycles. The van der Waals surface area contributed by atoms with Gasteiger partial charge in [-0.3, -0.25) is 9.69 Å². The molecule has 2 nitrogen and oxygen atoms in total. The molecule has 0 rings (SSSR count). The van der Waals surface area contributed by atoms with Gasteiger partial charge in [0, 0.05) is 12.0 Å². The fraction of sp³-hybridized carbons (Fsp3) is 0.833. The lowest BCUT2D eigenvalue weighted by molar-refractivity contribution is -0.134. The van der Waals surface area contributed by atoms with E-state index in [1.807, 2.05) is 19.9 Å². The lowest BCUT2D eigenvalue weighted by Crippen LogP contribution is -2.54. The standard InChI is InChI=1S/C18H35NO/c1-8-9-10-11-12-13-14-18(6,17(20)15(2)3)19(7)16(4)5/h8,15-16H,1,9-14H2,2-7H3/t18-/m1/s1. The number of carbonyl (C=O) groups is 1. The van der Waals surface area contributed by atoms with Gasteiger partial charge in [0.25, 0.3) is 0 Å². The van der Waals surface area contributed by atoms with E-state index in [-0.39, 0.29) is 11.5 Å². The molecule has 0 saturated heterocycles.